The van der Waals surface area contributed by atoms with E-state index in [1.165, 1.54) is 12.1 Å². The largest absolute Gasteiger partial charge is 0.416 e. The van der Waals surface area contributed by atoms with Crippen molar-refractivity contribution in [2.24, 2.45) is 5.92 Å². The van der Waals surface area contributed by atoms with E-state index in [9.17, 15) is 18.0 Å². The number of carbonyl (C=O) groups excluding carboxylic acids is 1. The first kappa shape index (κ1) is 34.7. The molecule has 4 rings (SSSR count). The van der Waals surface area contributed by atoms with Crippen molar-refractivity contribution in [3.63, 3.8) is 0 Å². The fraction of sp³-hybridized carbons (Fsp3) is 0.294. The Balaban J connectivity index is 1.55. The summed E-state index contributed by atoms with van der Waals surface area (Å²) in [5, 5.41) is 15.6. The summed E-state index contributed by atoms with van der Waals surface area (Å²) in [6.07, 6.45) is -0.471. The molecule has 4 aromatic rings. The molecule has 46 heavy (non-hydrogen) atoms. The maximum Gasteiger partial charge on any atom is 0.416 e. The van der Waals surface area contributed by atoms with Gasteiger partial charge in [0.2, 0.25) is 5.91 Å². The number of para-hydroxylation sites is 1. The summed E-state index contributed by atoms with van der Waals surface area (Å²) in [6.45, 7) is 4.52. The summed E-state index contributed by atoms with van der Waals surface area (Å²) in [5.74, 6) is -0.258. The van der Waals surface area contributed by atoms with E-state index >= 15 is 0 Å². The van der Waals surface area contributed by atoms with Gasteiger partial charge in [-0.05, 0) is 75.5 Å². The Kier molecular flexibility index (Phi) is 12.0. The molecule has 0 spiro atoms. The van der Waals surface area contributed by atoms with Crippen LogP contribution in [0, 0.1) is 17.2 Å². The summed E-state index contributed by atoms with van der Waals surface area (Å²) >= 11 is 9.26. The molecule has 0 fully saturated rings. The molecular weight excluding hydrogens is 677 g/mol. The highest BCUT2D eigenvalue weighted by atomic mass is 79.9. The second-order valence-corrected chi connectivity index (χ2v) is 12.2. The fourth-order valence-corrected chi connectivity index (χ4v) is 5.58. The van der Waals surface area contributed by atoms with Crippen LogP contribution in [0.1, 0.15) is 48.2 Å². The van der Waals surface area contributed by atoms with Gasteiger partial charge >= 0.3 is 6.18 Å². The number of carbonyl (C=O) groups is 1. The van der Waals surface area contributed by atoms with Crippen LogP contribution in [-0.2, 0) is 30.5 Å². The predicted octanol–water partition coefficient (Wildman–Crippen LogP) is 7.56. The van der Waals surface area contributed by atoms with Crippen LogP contribution in [0.3, 0.4) is 0 Å². The molecule has 240 valence electrons. The molecule has 0 aliphatic heterocycles. The summed E-state index contributed by atoms with van der Waals surface area (Å²) in [7, 11) is 0. The molecule has 0 unspecified atom stereocenters. The van der Waals surface area contributed by atoms with Crippen LogP contribution in [0.4, 0.5) is 18.9 Å². The molecule has 3 aromatic carbocycles. The first-order chi connectivity index (χ1) is 22.0. The van der Waals surface area contributed by atoms with Gasteiger partial charge in [-0.25, -0.2) is 4.98 Å². The van der Waals surface area contributed by atoms with E-state index in [0.717, 1.165) is 22.5 Å². The smallest absolute Gasteiger partial charge is 0.351 e. The third-order valence-electron chi connectivity index (χ3n) is 7.76. The molecule has 1 amide bonds. The van der Waals surface area contributed by atoms with Gasteiger partial charge in [0.25, 0.3) is 0 Å². The highest BCUT2D eigenvalue weighted by Crippen LogP contribution is 2.33. The Bertz CT molecular complexity index is 1690. The number of nitrogens with one attached hydrogen (secondary N) is 2. The number of halogens is 4. The molecule has 12 heteroatoms. The minimum atomic E-state index is -4.54. The zero-order chi connectivity index (χ0) is 33.3. The van der Waals surface area contributed by atoms with Crippen LogP contribution in [0.2, 0.25) is 0 Å². The number of imidazole rings is 1. The van der Waals surface area contributed by atoms with Crippen molar-refractivity contribution in [2.75, 3.05) is 11.9 Å². The number of nitrogens with zero attached hydrogens (tertiary/aromatic N) is 4. The van der Waals surface area contributed by atoms with Crippen molar-refractivity contribution >= 4 is 44.9 Å². The third-order valence-corrected chi connectivity index (χ3v) is 8.81. The molecule has 0 aliphatic carbocycles. The number of anilines is 1. The van der Waals surface area contributed by atoms with Crippen LogP contribution in [-0.4, -0.2) is 38.1 Å². The average molecular weight is 712 g/mol. The van der Waals surface area contributed by atoms with Gasteiger partial charge in [-0.15, -0.1) is 0 Å². The quantitative estimate of drug-likeness (QED) is 0.148. The maximum absolute atomic E-state index is 14.0. The normalized spacial score (nSPS) is 12.5. The Morgan fingerprint density at radius 1 is 1.11 bits per heavy atom. The van der Waals surface area contributed by atoms with E-state index in [1.807, 2.05) is 54.8 Å². The van der Waals surface area contributed by atoms with Crippen LogP contribution < -0.4 is 10.6 Å². The standard InChI is InChI=1S/C34H34BrF3N6OS/c1-3-23(2)31(41-32(45)16-27-18-40-22-44(27)19-25-14-12-24(17-39)13-15-25)21-43(33(46)42-30-11-7-6-10-29(30)35)20-26-8-4-5-9-28(26)34(36,37)38/h4-15,18,22-23,31H,3,16,19-21H2,1-2H3,(H,41,45)(H,42,46)/t23-,31+/m0/s1. The zero-order valence-electron chi connectivity index (χ0n) is 25.4. The Morgan fingerprint density at radius 2 is 1.80 bits per heavy atom. The molecule has 1 heterocycles. The number of aromatic nitrogens is 2. The minimum absolute atomic E-state index is 0.0147. The number of hydrogen-bond donors (Lipinski definition) is 2. The minimum Gasteiger partial charge on any atom is -0.351 e. The lowest BCUT2D eigenvalue weighted by Crippen LogP contribution is -2.50. The average Bonchev–Trinajstić information content (AvgIpc) is 3.46. The fourth-order valence-electron chi connectivity index (χ4n) is 4.95. The van der Waals surface area contributed by atoms with Crippen molar-refractivity contribution in [1.29, 1.82) is 5.26 Å². The Hall–Kier alpha value is -4.21. The number of rotatable bonds is 12. The molecular formula is C34H34BrF3N6OS. The van der Waals surface area contributed by atoms with E-state index in [0.29, 0.717) is 23.5 Å². The number of thiocarbonyl (C=S) groups is 1. The van der Waals surface area contributed by atoms with Gasteiger partial charge in [0.1, 0.15) is 0 Å². The van der Waals surface area contributed by atoms with E-state index in [4.69, 9.17) is 17.5 Å². The van der Waals surface area contributed by atoms with Crippen molar-refractivity contribution < 1.29 is 18.0 Å². The summed E-state index contributed by atoms with van der Waals surface area (Å²) in [4.78, 5) is 19.4. The topological polar surface area (TPSA) is 86.0 Å². The molecule has 0 bridgehead atoms. The molecule has 0 saturated heterocycles. The van der Waals surface area contributed by atoms with E-state index in [-0.39, 0.29) is 42.0 Å². The lowest BCUT2D eigenvalue weighted by molar-refractivity contribution is -0.138. The second kappa shape index (κ2) is 15.9. The number of benzene rings is 3. The van der Waals surface area contributed by atoms with E-state index in [2.05, 4.69) is 37.6 Å². The monoisotopic (exact) mass is 710 g/mol. The summed E-state index contributed by atoms with van der Waals surface area (Å²) in [6, 6.07) is 21.6. The number of amides is 1. The van der Waals surface area contributed by atoms with Crippen LogP contribution in [0.25, 0.3) is 0 Å². The first-order valence-electron chi connectivity index (χ1n) is 14.7. The first-order valence-corrected chi connectivity index (χ1v) is 15.9. The predicted molar refractivity (Wildman–Crippen MR) is 180 cm³/mol. The third kappa shape index (κ3) is 9.40. The van der Waals surface area contributed by atoms with E-state index in [1.54, 1.807) is 35.6 Å². The molecule has 0 aliphatic rings. The van der Waals surface area contributed by atoms with Crippen molar-refractivity contribution in [3.8, 4) is 6.07 Å². The molecule has 2 atom stereocenters. The highest BCUT2D eigenvalue weighted by Gasteiger charge is 2.34. The van der Waals surface area contributed by atoms with E-state index < -0.39 is 17.8 Å². The van der Waals surface area contributed by atoms with Gasteiger partial charge in [-0.2, -0.15) is 18.4 Å². The molecule has 1 aromatic heterocycles. The summed E-state index contributed by atoms with van der Waals surface area (Å²) in [5.41, 5.74) is 2.23. The maximum atomic E-state index is 14.0. The Labute approximate surface area is 280 Å². The second-order valence-electron chi connectivity index (χ2n) is 11.0. The zero-order valence-corrected chi connectivity index (χ0v) is 27.8. The SMILES string of the molecule is CC[C@H](C)[C@@H](CN(Cc1ccccc1C(F)(F)F)C(=S)Nc1ccccc1Br)NC(=O)Cc1cncn1Cc1ccc(C#N)cc1. The van der Waals surface area contributed by atoms with Crippen molar-refractivity contribution in [1.82, 2.24) is 19.8 Å². The number of alkyl halides is 3. The Morgan fingerprint density at radius 3 is 2.48 bits per heavy atom. The number of hydrogen-bond acceptors (Lipinski definition) is 4. The van der Waals surface area contributed by atoms with Crippen LogP contribution >= 0.6 is 28.1 Å². The van der Waals surface area contributed by atoms with Crippen molar-refractivity contribution in [2.45, 2.75) is 52.0 Å². The molecule has 0 saturated carbocycles. The highest BCUT2D eigenvalue weighted by molar-refractivity contribution is 9.10. The van der Waals surface area contributed by atoms with Gasteiger partial charge in [0.15, 0.2) is 5.11 Å². The van der Waals surface area contributed by atoms with Gasteiger partial charge in [0, 0.05) is 42.0 Å². The lowest BCUT2D eigenvalue weighted by atomic mass is 9.97. The molecule has 2 N–H and O–H groups in total. The van der Waals surface area contributed by atoms with Crippen molar-refractivity contribution in [3.05, 3.63) is 118 Å². The molecule has 7 nitrogen and oxygen atoms in total. The van der Waals surface area contributed by atoms with Gasteiger partial charge in [-0.3, -0.25) is 4.79 Å². The number of nitriles is 1. The van der Waals surface area contributed by atoms with Crippen LogP contribution in [0.5, 0.6) is 0 Å². The lowest BCUT2D eigenvalue weighted by Gasteiger charge is -2.34. The summed E-state index contributed by atoms with van der Waals surface area (Å²) < 4.78 is 44.5. The molecule has 0 radical (unpaired) electrons. The van der Waals surface area contributed by atoms with Crippen LogP contribution in [0.15, 0.2) is 89.8 Å². The van der Waals surface area contributed by atoms with Gasteiger partial charge in [-0.1, -0.05) is 62.7 Å². The van der Waals surface area contributed by atoms with Gasteiger partial charge < -0.3 is 20.1 Å². The van der Waals surface area contributed by atoms with Gasteiger partial charge in [0.05, 0.1) is 35.6 Å².